The molecule has 23 rings (SSSR count). The van der Waals surface area contributed by atoms with E-state index in [-0.39, 0.29) is 10.8 Å². The van der Waals surface area contributed by atoms with Crippen LogP contribution in [0.3, 0.4) is 0 Å². The average molecular weight is 1530 g/mol. The molecule has 0 spiro atoms. The summed E-state index contributed by atoms with van der Waals surface area (Å²) in [5, 5.41) is 9.93. The molecule has 2 aliphatic carbocycles. The predicted octanol–water partition coefficient (Wildman–Crippen LogP) is 31.6. The SMILES string of the molecule is Cc1ccc(C)c(-n2c3ccccc3c3cc(-c4ccc(N(c5ccc(-c6cccc7c6oc6ccccc67)cc5)c5ccc6c(c5)C(C)(C)c5ccccc5-6)cc4)ccc32)c1.Cc1ccc(C)c(-n2c3ccccc3c3cc(-c4ccc(N(c5ccc6c(c5)C(C)(C)c5ccccc5-6)c5cccc6c5sc5ccccc56)cc4)ccc32)c1. The summed E-state index contributed by atoms with van der Waals surface area (Å²) in [6.07, 6.45) is 0. The van der Waals surface area contributed by atoms with Gasteiger partial charge in [-0.3, -0.25) is 0 Å². The maximum Gasteiger partial charge on any atom is 0.143 e. The molecular formula is C112H84N4OS. The van der Waals surface area contributed by atoms with Crippen LogP contribution in [0.15, 0.2) is 368 Å². The molecule has 0 radical (unpaired) electrons. The molecule has 118 heavy (non-hydrogen) atoms. The van der Waals surface area contributed by atoms with Gasteiger partial charge in [-0.05, 0) is 250 Å². The molecule has 564 valence electrons. The Balaban J connectivity index is 0.000000143. The number of furan rings is 1. The Morgan fingerprint density at radius 1 is 0.271 bits per heavy atom. The van der Waals surface area contributed by atoms with E-state index in [1.807, 2.05) is 23.5 Å². The highest BCUT2D eigenvalue weighted by Crippen LogP contribution is 2.55. The van der Waals surface area contributed by atoms with Crippen LogP contribution in [0.4, 0.5) is 34.1 Å². The number of para-hydroxylation sites is 4. The van der Waals surface area contributed by atoms with Crippen molar-refractivity contribution in [3.05, 3.63) is 408 Å². The topological polar surface area (TPSA) is 29.5 Å². The van der Waals surface area contributed by atoms with Crippen LogP contribution >= 0.6 is 11.3 Å². The van der Waals surface area contributed by atoms with Gasteiger partial charge in [0.15, 0.2) is 0 Å². The molecule has 4 heterocycles. The molecule has 0 N–H and O–H groups in total. The first-order chi connectivity index (χ1) is 57.7. The average Bonchev–Trinajstić information content (AvgIpc) is 1.60. The van der Waals surface area contributed by atoms with Gasteiger partial charge in [-0.1, -0.05) is 264 Å². The first kappa shape index (κ1) is 70.6. The van der Waals surface area contributed by atoms with Crippen LogP contribution in [0.2, 0.25) is 0 Å². The normalized spacial score (nSPS) is 13.1. The summed E-state index contributed by atoms with van der Waals surface area (Å²) in [6.45, 7) is 18.2. The van der Waals surface area contributed by atoms with Gasteiger partial charge in [-0.25, -0.2) is 0 Å². The zero-order chi connectivity index (χ0) is 79.4. The maximum absolute atomic E-state index is 6.45. The minimum atomic E-state index is -0.119. The van der Waals surface area contributed by atoms with Crippen LogP contribution in [0.1, 0.15) is 72.2 Å². The number of aryl methyl sites for hydroxylation is 4. The van der Waals surface area contributed by atoms with Crippen molar-refractivity contribution in [2.45, 2.75) is 66.2 Å². The van der Waals surface area contributed by atoms with Gasteiger partial charge in [0.05, 0.1) is 32.5 Å². The zero-order valence-electron chi connectivity index (χ0n) is 67.2. The Bertz CT molecular complexity index is 7670. The Labute approximate surface area is 691 Å². The molecule has 0 bridgehead atoms. The van der Waals surface area contributed by atoms with E-state index < -0.39 is 0 Å². The van der Waals surface area contributed by atoms with Crippen LogP contribution in [0.25, 0.3) is 153 Å². The van der Waals surface area contributed by atoms with Crippen molar-refractivity contribution in [1.82, 2.24) is 9.13 Å². The van der Waals surface area contributed by atoms with E-state index in [0.29, 0.717) is 0 Å². The van der Waals surface area contributed by atoms with E-state index in [9.17, 15) is 0 Å². The molecule has 17 aromatic carbocycles. The van der Waals surface area contributed by atoms with E-state index >= 15 is 0 Å². The van der Waals surface area contributed by atoms with Crippen molar-refractivity contribution in [3.63, 3.8) is 0 Å². The van der Waals surface area contributed by atoms with E-state index in [4.69, 9.17) is 4.42 Å². The van der Waals surface area contributed by atoms with Crippen molar-refractivity contribution in [2.75, 3.05) is 9.80 Å². The lowest BCUT2D eigenvalue weighted by Crippen LogP contribution is -2.16. The predicted molar refractivity (Wildman–Crippen MR) is 501 cm³/mol. The van der Waals surface area contributed by atoms with E-state index in [1.165, 1.54) is 176 Å². The highest BCUT2D eigenvalue weighted by Gasteiger charge is 2.38. The van der Waals surface area contributed by atoms with Crippen LogP contribution in [0.5, 0.6) is 0 Å². The highest BCUT2D eigenvalue weighted by atomic mass is 32.1. The van der Waals surface area contributed by atoms with Crippen LogP contribution < -0.4 is 9.80 Å². The third-order valence-electron chi connectivity index (χ3n) is 25.6. The van der Waals surface area contributed by atoms with Crippen LogP contribution in [-0.2, 0) is 10.8 Å². The molecule has 0 aliphatic heterocycles. The Morgan fingerprint density at radius 2 is 0.678 bits per heavy atom. The molecule has 0 saturated carbocycles. The quantitative estimate of drug-likeness (QED) is 0.129. The Kier molecular flexibility index (Phi) is 16.3. The van der Waals surface area contributed by atoms with Gasteiger partial charge < -0.3 is 23.4 Å². The van der Waals surface area contributed by atoms with Crippen molar-refractivity contribution in [3.8, 4) is 67.0 Å². The molecule has 0 unspecified atom stereocenters. The van der Waals surface area contributed by atoms with Gasteiger partial charge >= 0.3 is 0 Å². The highest BCUT2D eigenvalue weighted by molar-refractivity contribution is 7.26. The molecule has 2 aliphatic rings. The number of rotatable bonds is 11. The lowest BCUT2D eigenvalue weighted by atomic mass is 9.82. The number of hydrogen-bond donors (Lipinski definition) is 0. The molecule has 6 heteroatoms. The first-order valence-electron chi connectivity index (χ1n) is 41.1. The van der Waals surface area contributed by atoms with Crippen molar-refractivity contribution < 1.29 is 4.42 Å². The summed E-state index contributed by atoms with van der Waals surface area (Å²) >= 11 is 1.88. The summed E-state index contributed by atoms with van der Waals surface area (Å²) in [6, 6.07) is 134. The summed E-state index contributed by atoms with van der Waals surface area (Å²) in [4.78, 5) is 4.87. The number of thiophene rings is 1. The van der Waals surface area contributed by atoms with E-state index in [0.717, 1.165) is 55.8 Å². The van der Waals surface area contributed by atoms with Gasteiger partial charge in [-0.15, -0.1) is 11.3 Å². The first-order valence-corrected chi connectivity index (χ1v) is 41.9. The number of nitrogens with zero attached hydrogens (tertiary/aromatic N) is 4. The minimum Gasteiger partial charge on any atom is -0.455 e. The van der Waals surface area contributed by atoms with Gasteiger partial charge in [0.2, 0.25) is 0 Å². The fraction of sp³-hybridized carbons (Fsp3) is 0.0893. The van der Waals surface area contributed by atoms with E-state index in [1.54, 1.807) is 0 Å². The third-order valence-corrected chi connectivity index (χ3v) is 26.8. The lowest BCUT2D eigenvalue weighted by molar-refractivity contribution is 0.660. The fourth-order valence-electron chi connectivity index (χ4n) is 19.6. The maximum atomic E-state index is 6.45. The summed E-state index contributed by atoms with van der Waals surface area (Å²) < 4.78 is 13.9. The molecule has 0 saturated heterocycles. The van der Waals surface area contributed by atoms with Gasteiger partial charge in [0.1, 0.15) is 11.2 Å². The number of fused-ring (bicyclic) bond motifs is 18. The lowest BCUT2D eigenvalue weighted by Gasteiger charge is -2.28. The Morgan fingerprint density at radius 3 is 1.24 bits per heavy atom. The van der Waals surface area contributed by atoms with Crippen molar-refractivity contribution in [1.29, 1.82) is 0 Å². The fourth-order valence-corrected chi connectivity index (χ4v) is 20.8. The van der Waals surface area contributed by atoms with Crippen LogP contribution in [0, 0.1) is 27.7 Å². The van der Waals surface area contributed by atoms with Crippen molar-refractivity contribution in [2.24, 2.45) is 0 Å². The monoisotopic (exact) mass is 1530 g/mol. The second-order valence-electron chi connectivity index (χ2n) is 33.4. The Hall–Kier alpha value is -14.0. The van der Waals surface area contributed by atoms with E-state index in [2.05, 4.69) is 426 Å². The molecule has 0 fully saturated rings. The summed E-state index contributed by atoms with van der Waals surface area (Å²) in [5.74, 6) is 0. The van der Waals surface area contributed by atoms with Gasteiger partial charge in [0, 0.05) is 104 Å². The number of hydrogen-bond acceptors (Lipinski definition) is 4. The molecular weight excluding hydrogens is 1450 g/mol. The number of benzene rings is 17. The van der Waals surface area contributed by atoms with Gasteiger partial charge in [-0.2, -0.15) is 0 Å². The zero-order valence-corrected chi connectivity index (χ0v) is 68.1. The number of aromatic nitrogens is 2. The molecule has 0 atom stereocenters. The standard InChI is InChI=1S/C59H44N2O.C53H40N2S/c1-37-20-21-38(2)56(34-37)61-54-18-9-6-13-48(54)51-35-41(26-33-55(51)61)39-22-27-42(28-23-39)60(44-31-32-47-46-12-5-8-17-52(46)59(3,4)53(47)36-44)43-29-24-40(25-30-43)45-15-11-16-50-49-14-7-10-19-57(49)62-58(45)50;1-33-20-21-34(2)50(30-33)55-47-17-9-6-13-41(47)44-31-36(24-29-48(44)55)35-22-25-37(26-23-35)54(49-18-11-15-43-42-14-7-10-19-51(42)56-52(43)49)38-27-28-40-39-12-5-8-16-45(39)53(3,4)46(40)32-38/h5-36H,1-4H3;5-32H,1-4H3. The molecule has 5 nitrogen and oxygen atoms in total. The van der Waals surface area contributed by atoms with Gasteiger partial charge in [0.25, 0.3) is 0 Å². The molecule has 4 aromatic heterocycles. The second-order valence-corrected chi connectivity index (χ2v) is 34.4. The smallest absolute Gasteiger partial charge is 0.143 e. The van der Waals surface area contributed by atoms with Crippen LogP contribution in [-0.4, -0.2) is 9.13 Å². The summed E-state index contributed by atoms with van der Waals surface area (Å²) in [5.41, 5.74) is 38.6. The second kappa shape index (κ2) is 27.3. The minimum absolute atomic E-state index is 0.0963. The molecule has 0 amide bonds. The van der Waals surface area contributed by atoms with Crippen molar-refractivity contribution >= 4 is 131 Å². The third kappa shape index (κ3) is 11.2. The summed E-state index contributed by atoms with van der Waals surface area (Å²) in [7, 11) is 0. The number of anilines is 6. The molecule has 21 aromatic rings. The largest absolute Gasteiger partial charge is 0.455 e.